The second kappa shape index (κ2) is 9.00. The smallest absolute Gasteiger partial charge is 0.238 e. The van der Waals surface area contributed by atoms with Crippen LogP contribution in [0.4, 0.5) is 11.4 Å². The first-order valence-electron chi connectivity index (χ1n) is 11.2. The Balaban J connectivity index is 1.61. The molecule has 0 spiro atoms. The fourth-order valence-electron chi connectivity index (χ4n) is 4.67. The molecule has 1 atom stereocenters. The zero-order valence-corrected chi connectivity index (χ0v) is 21.0. The zero-order valence-electron chi connectivity index (χ0n) is 19.4. The van der Waals surface area contributed by atoms with Crippen LogP contribution in [0, 0.1) is 12.3 Å². The second-order valence-electron chi connectivity index (χ2n) is 9.43. The fourth-order valence-corrected chi connectivity index (χ4v) is 6.23. The molecule has 34 heavy (non-hydrogen) atoms. The maximum atomic E-state index is 13.9. The number of amides is 1. The summed E-state index contributed by atoms with van der Waals surface area (Å²) >= 11 is 2.88. The first-order valence-corrected chi connectivity index (χ1v) is 13.1. The predicted molar refractivity (Wildman–Crippen MR) is 137 cm³/mol. The fraction of sp³-hybridized carbons (Fsp3) is 0.308. The molecule has 0 saturated carbocycles. The summed E-state index contributed by atoms with van der Waals surface area (Å²) in [7, 11) is 0. The predicted octanol–water partition coefficient (Wildman–Crippen LogP) is 5.78. The van der Waals surface area contributed by atoms with Crippen LogP contribution < -0.4 is 10.2 Å². The second-order valence-corrected chi connectivity index (χ2v) is 11.3. The van der Waals surface area contributed by atoms with Crippen LogP contribution in [0.1, 0.15) is 43.3 Å². The molecule has 8 heteroatoms. The highest BCUT2D eigenvalue weighted by atomic mass is 32.2. The van der Waals surface area contributed by atoms with Gasteiger partial charge in [-0.3, -0.25) is 14.5 Å². The molecule has 5 rings (SSSR count). The van der Waals surface area contributed by atoms with Crippen molar-refractivity contribution in [3.8, 4) is 0 Å². The normalized spacial score (nSPS) is 19.2. The maximum absolute atomic E-state index is 13.9. The number of anilines is 2. The summed E-state index contributed by atoms with van der Waals surface area (Å²) in [5.41, 5.74) is 3.94. The van der Waals surface area contributed by atoms with Crippen molar-refractivity contribution in [2.45, 2.75) is 44.8 Å². The van der Waals surface area contributed by atoms with Crippen molar-refractivity contribution < 1.29 is 9.59 Å². The van der Waals surface area contributed by atoms with Crippen LogP contribution in [0.5, 0.6) is 0 Å². The summed E-state index contributed by atoms with van der Waals surface area (Å²) in [5.74, 6) is 0.175. The van der Waals surface area contributed by atoms with Gasteiger partial charge >= 0.3 is 0 Å². The van der Waals surface area contributed by atoms with Crippen LogP contribution >= 0.6 is 23.1 Å². The Bertz CT molecular complexity index is 1280. The molecule has 0 unspecified atom stereocenters. The quantitative estimate of drug-likeness (QED) is 0.369. The van der Waals surface area contributed by atoms with Gasteiger partial charge in [-0.1, -0.05) is 43.8 Å². The van der Waals surface area contributed by atoms with Gasteiger partial charge in [-0.2, -0.15) is 0 Å². The van der Waals surface area contributed by atoms with Gasteiger partial charge in [0.15, 0.2) is 10.9 Å². The average Bonchev–Trinajstić information content (AvgIpc) is 3.26. The lowest BCUT2D eigenvalue weighted by molar-refractivity contribution is -0.118. The number of para-hydroxylation sites is 2. The highest BCUT2D eigenvalue weighted by molar-refractivity contribution is 7.99. The van der Waals surface area contributed by atoms with E-state index in [4.69, 9.17) is 0 Å². The van der Waals surface area contributed by atoms with E-state index in [0.717, 1.165) is 34.1 Å². The number of nitrogens with zero attached hydrogens (tertiary/aromatic N) is 3. The summed E-state index contributed by atoms with van der Waals surface area (Å²) in [6.07, 6.45) is 2.91. The summed E-state index contributed by atoms with van der Waals surface area (Å²) in [6.45, 7) is 6.14. The number of aromatic nitrogens is 2. The molecule has 0 saturated heterocycles. The number of Topliss-reactive ketones (excluding diaryl/α,β-unsaturated/α-hetero) is 1. The monoisotopic (exact) mass is 490 g/mol. The molecule has 1 aliphatic carbocycles. The number of carbonyl (C=O) groups is 2. The van der Waals surface area contributed by atoms with Crippen LogP contribution in [0.3, 0.4) is 0 Å². The number of rotatable bonds is 4. The van der Waals surface area contributed by atoms with E-state index in [1.165, 1.54) is 11.8 Å². The lowest BCUT2D eigenvalue weighted by Crippen LogP contribution is -2.40. The topological polar surface area (TPSA) is 75.2 Å². The lowest BCUT2D eigenvalue weighted by Gasteiger charge is -2.36. The third-order valence-electron chi connectivity index (χ3n) is 6.08. The van der Waals surface area contributed by atoms with Crippen molar-refractivity contribution >= 4 is 46.2 Å². The lowest BCUT2D eigenvalue weighted by atomic mass is 9.74. The van der Waals surface area contributed by atoms with E-state index >= 15 is 0 Å². The number of thiophene rings is 1. The zero-order chi connectivity index (χ0) is 23.9. The molecule has 1 aromatic carbocycles. The van der Waals surface area contributed by atoms with E-state index in [9.17, 15) is 9.59 Å². The number of carbonyl (C=O) groups excluding carboxylic acids is 2. The largest absolute Gasteiger partial charge is 0.357 e. The van der Waals surface area contributed by atoms with E-state index in [-0.39, 0.29) is 22.9 Å². The number of aryl methyl sites for hydroxylation is 1. The molecule has 2 aromatic heterocycles. The maximum Gasteiger partial charge on any atom is 0.238 e. The number of nitrogens with one attached hydrogen (secondary N) is 1. The van der Waals surface area contributed by atoms with Crippen LogP contribution in [-0.4, -0.2) is 27.4 Å². The number of ketones is 1. The number of benzene rings is 1. The molecular formula is C26H26N4O2S2. The summed E-state index contributed by atoms with van der Waals surface area (Å²) < 4.78 is 0. The van der Waals surface area contributed by atoms with Crippen molar-refractivity contribution in [2.24, 2.45) is 5.41 Å². The van der Waals surface area contributed by atoms with Crippen molar-refractivity contribution in [2.75, 3.05) is 16.0 Å². The number of hydrogen-bond acceptors (Lipinski definition) is 7. The van der Waals surface area contributed by atoms with Crippen LogP contribution in [-0.2, 0) is 9.59 Å². The summed E-state index contributed by atoms with van der Waals surface area (Å²) in [5, 5.41) is 6.11. The van der Waals surface area contributed by atoms with E-state index in [2.05, 4.69) is 29.1 Å². The highest BCUT2D eigenvalue weighted by Crippen LogP contribution is 2.49. The molecule has 3 heterocycles. The molecule has 0 radical (unpaired) electrons. The number of allylic oxidation sites excluding steroid dienone is 1. The van der Waals surface area contributed by atoms with Crippen molar-refractivity contribution in [3.05, 3.63) is 75.9 Å². The van der Waals surface area contributed by atoms with E-state index in [0.29, 0.717) is 17.2 Å². The Labute approximate surface area is 207 Å². The Hall–Kier alpha value is -2.97. The van der Waals surface area contributed by atoms with Crippen LogP contribution in [0.25, 0.3) is 0 Å². The molecule has 6 nitrogen and oxygen atoms in total. The van der Waals surface area contributed by atoms with Crippen LogP contribution in [0.2, 0.25) is 0 Å². The molecule has 0 bridgehead atoms. The SMILES string of the molecule is Cc1ccnc(SCC(=O)N2c3ccccc3NC3=C(C(=O)CC(C)(C)C3)[C@@H]2c2cccs2)n1. The van der Waals surface area contributed by atoms with Gasteiger partial charge in [0.05, 0.1) is 17.1 Å². The Morgan fingerprint density at radius 2 is 2.03 bits per heavy atom. The van der Waals surface area contributed by atoms with E-state index in [1.54, 1.807) is 22.4 Å². The molecule has 0 fully saturated rings. The first kappa shape index (κ1) is 22.8. The third-order valence-corrected chi connectivity index (χ3v) is 7.85. The Morgan fingerprint density at radius 3 is 2.79 bits per heavy atom. The van der Waals surface area contributed by atoms with Gasteiger partial charge in [0.2, 0.25) is 5.91 Å². The van der Waals surface area contributed by atoms with Gasteiger partial charge in [-0.15, -0.1) is 11.3 Å². The summed E-state index contributed by atoms with van der Waals surface area (Å²) in [4.78, 5) is 39.0. The number of hydrogen-bond donors (Lipinski definition) is 1. The number of thioether (sulfide) groups is 1. The van der Waals surface area contributed by atoms with Gasteiger partial charge in [0, 0.05) is 34.5 Å². The average molecular weight is 491 g/mol. The van der Waals surface area contributed by atoms with Gasteiger partial charge in [-0.05, 0) is 48.4 Å². The Kier molecular flexibility index (Phi) is 6.04. The van der Waals surface area contributed by atoms with Gasteiger partial charge in [0.1, 0.15) is 6.04 Å². The minimum atomic E-state index is -0.471. The molecule has 3 aromatic rings. The molecule has 174 valence electrons. The van der Waals surface area contributed by atoms with Gasteiger partial charge < -0.3 is 5.32 Å². The molecule has 1 N–H and O–H groups in total. The van der Waals surface area contributed by atoms with E-state index in [1.807, 2.05) is 54.8 Å². The minimum Gasteiger partial charge on any atom is -0.357 e. The minimum absolute atomic E-state index is 0.0888. The van der Waals surface area contributed by atoms with Gasteiger partial charge in [-0.25, -0.2) is 9.97 Å². The van der Waals surface area contributed by atoms with Gasteiger partial charge in [0.25, 0.3) is 0 Å². The van der Waals surface area contributed by atoms with Crippen molar-refractivity contribution in [1.82, 2.24) is 9.97 Å². The van der Waals surface area contributed by atoms with Crippen LogP contribution in [0.15, 0.2) is 70.5 Å². The highest BCUT2D eigenvalue weighted by Gasteiger charge is 2.43. The van der Waals surface area contributed by atoms with Crippen molar-refractivity contribution in [1.29, 1.82) is 0 Å². The van der Waals surface area contributed by atoms with E-state index < -0.39 is 6.04 Å². The molecular weight excluding hydrogens is 464 g/mol. The van der Waals surface area contributed by atoms with Crippen molar-refractivity contribution in [3.63, 3.8) is 0 Å². The molecule has 1 aliphatic heterocycles. The third kappa shape index (κ3) is 4.40. The Morgan fingerprint density at radius 1 is 1.21 bits per heavy atom. The standard InChI is InChI=1S/C26H26N4O2S2/c1-16-10-11-27-25(28-16)34-15-22(32)30-19-8-5-4-7-17(19)29-18-13-26(2,3)14-20(31)23(18)24(30)21-9-6-12-33-21/h4-12,24,29H,13-15H2,1-3H3/t24-/m0/s1. The number of fused-ring (bicyclic) bond motifs is 1. The molecule has 2 aliphatic rings. The summed E-state index contributed by atoms with van der Waals surface area (Å²) in [6, 6.07) is 13.1. The molecule has 1 amide bonds. The first-order chi connectivity index (χ1) is 16.3.